The van der Waals surface area contributed by atoms with Crippen molar-refractivity contribution < 1.29 is 34.6 Å². The Bertz CT molecular complexity index is 861. The number of aliphatic hydroxyl groups excluding tert-OH is 4. The monoisotopic (exact) mass is 430 g/mol. The lowest BCUT2D eigenvalue weighted by Crippen LogP contribution is -2.55. The number of benzene rings is 2. The Hall–Kier alpha value is -2.00. The highest BCUT2D eigenvalue weighted by molar-refractivity contribution is 5.38. The minimum Gasteiger partial charge on any atom is -0.488 e. The van der Waals surface area contributed by atoms with Gasteiger partial charge in [0.25, 0.3) is 0 Å². The third-order valence-electron chi connectivity index (χ3n) is 6.10. The number of hydrogen-bond donors (Lipinski definition) is 4. The predicted octanol–water partition coefficient (Wildman–Crippen LogP) is 1.27. The number of aliphatic hydroxyl groups is 4. The summed E-state index contributed by atoms with van der Waals surface area (Å²) < 4.78 is 17.0. The van der Waals surface area contributed by atoms with E-state index in [2.05, 4.69) is 0 Å². The molecule has 4 rings (SSSR count). The van der Waals surface area contributed by atoms with Gasteiger partial charge in [-0.3, -0.25) is 0 Å². The van der Waals surface area contributed by atoms with Crippen molar-refractivity contribution in [2.75, 3.05) is 19.8 Å². The zero-order valence-corrected chi connectivity index (χ0v) is 17.6. The highest BCUT2D eigenvalue weighted by atomic mass is 16.5. The van der Waals surface area contributed by atoms with Crippen LogP contribution in [0.3, 0.4) is 0 Å². The van der Waals surface area contributed by atoms with E-state index < -0.39 is 37.1 Å². The zero-order chi connectivity index (χ0) is 22.0. The Morgan fingerprint density at radius 1 is 1.00 bits per heavy atom. The van der Waals surface area contributed by atoms with Crippen molar-refractivity contribution in [2.45, 2.75) is 56.4 Å². The number of aryl methyl sites for hydroxylation is 1. The first kappa shape index (κ1) is 22.2. The van der Waals surface area contributed by atoms with Crippen LogP contribution >= 0.6 is 0 Å². The average Bonchev–Trinajstić information content (AvgIpc) is 3.28. The molecule has 168 valence electrons. The van der Waals surface area contributed by atoms with Crippen LogP contribution in [0.25, 0.3) is 0 Å². The van der Waals surface area contributed by atoms with Crippen LogP contribution in [0.1, 0.15) is 34.8 Å². The van der Waals surface area contributed by atoms with Gasteiger partial charge in [0, 0.05) is 6.42 Å². The maximum atomic E-state index is 10.4. The largest absolute Gasteiger partial charge is 0.488 e. The molecule has 0 aliphatic carbocycles. The topological polar surface area (TPSA) is 109 Å². The quantitative estimate of drug-likeness (QED) is 0.547. The molecule has 0 saturated carbocycles. The van der Waals surface area contributed by atoms with Gasteiger partial charge in [-0.25, -0.2) is 0 Å². The lowest BCUT2D eigenvalue weighted by atomic mass is 9.89. The van der Waals surface area contributed by atoms with Gasteiger partial charge in [-0.05, 0) is 47.7 Å². The van der Waals surface area contributed by atoms with Gasteiger partial charge in [0.2, 0.25) is 0 Å². The molecule has 1 unspecified atom stereocenters. The van der Waals surface area contributed by atoms with Crippen LogP contribution in [-0.4, -0.2) is 70.8 Å². The van der Waals surface area contributed by atoms with Gasteiger partial charge < -0.3 is 34.6 Å². The van der Waals surface area contributed by atoms with E-state index in [1.165, 1.54) is 0 Å². The molecule has 0 radical (unpaired) electrons. The molecule has 2 aliphatic rings. The fourth-order valence-corrected chi connectivity index (χ4v) is 4.14. The van der Waals surface area contributed by atoms with Crippen molar-refractivity contribution in [1.82, 2.24) is 0 Å². The number of hydrogen-bond acceptors (Lipinski definition) is 7. The Balaban J connectivity index is 1.49. The third kappa shape index (κ3) is 4.92. The van der Waals surface area contributed by atoms with Crippen LogP contribution in [0.2, 0.25) is 0 Å². The first-order valence-corrected chi connectivity index (χ1v) is 10.7. The van der Waals surface area contributed by atoms with Crippen molar-refractivity contribution >= 4 is 0 Å². The molecule has 0 spiro atoms. The smallest absolute Gasteiger partial charge is 0.124 e. The summed E-state index contributed by atoms with van der Waals surface area (Å²) in [6.07, 6.45) is -4.09. The minimum absolute atomic E-state index is 0.114. The lowest BCUT2D eigenvalue weighted by Gasteiger charge is -2.40. The molecule has 0 aromatic heterocycles. The second-order valence-corrected chi connectivity index (χ2v) is 8.36. The predicted molar refractivity (Wildman–Crippen MR) is 113 cm³/mol. The number of ether oxygens (including phenoxy) is 3. The Morgan fingerprint density at radius 3 is 2.45 bits per heavy atom. The summed E-state index contributed by atoms with van der Waals surface area (Å²) in [6.45, 7) is 2.95. The SMILES string of the molecule is Cc1ccc([C@@H]2O[C@H](CO)[C@@H](O)C(O)[C@H]2O)cc1Cc1ccc(O[C@@H]2CCOC2)cc1. The van der Waals surface area contributed by atoms with Crippen LogP contribution in [0.15, 0.2) is 42.5 Å². The van der Waals surface area contributed by atoms with E-state index in [1.54, 1.807) is 0 Å². The summed E-state index contributed by atoms with van der Waals surface area (Å²) in [5, 5.41) is 40.0. The molecule has 4 N–H and O–H groups in total. The highest BCUT2D eigenvalue weighted by Gasteiger charge is 2.43. The molecule has 2 aliphatic heterocycles. The van der Waals surface area contributed by atoms with Gasteiger partial charge in [-0.2, -0.15) is 0 Å². The van der Waals surface area contributed by atoms with Crippen LogP contribution in [-0.2, 0) is 15.9 Å². The number of rotatable bonds is 6. The fourth-order valence-electron chi connectivity index (χ4n) is 4.14. The molecule has 2 aromatic carbocycles. The summed E-state index contributed by atoms with van der Waals surface area (Å²) >= 11 is 0. The van der Waals surface area contributed by atoms with Crippen molar-refractivity contribution in [3.63, 3.8) is 0 Å². The van der Waals surface area contributed by atoms with E-state index in [0.29, 0.717) is 18.6 Å². The molecule has 7 heteroatoms. The molecule has 2 saturated heterocycles. The molecule has 31 heavy (non-hydrogen) atoms. The van der Waals surface area contributed by atoms with Crippen LogP contribution in [0, 0.1) is 6.92 Å². The van der Waals surface area contributed by atoms with E-state index in [9.17, 15) is 20.4 Å². The second kappa shape index (κ2) is 9.65. The van der Waals surface area contributed by atoms with E-state index in [0.717, 1.165) is 35.5 Å². The molecule has 7 nitrogen and oxygen atoms in total. The maximum Gasteiger partial charge on any atom is 0.124 e. The average molecular weight is 430 g/mol. The second-order valence-electron chi connectivity index (χ2n) is 8.36. The first-order chi connectivity index (χ1) is 15.0. The van der Waals surface area contributed by atoms with Crippen LogP contribution in [0.4, 0.5) is 0 Å². The summed E-state index contributed by atoms with van der Waals surface area (Å²) in [7, 11) is 0. The zero-order valence-electron chi connectivity index (χ0n) is 17.6. The molecule has 2 fully saturated rings. The summed E-state index contributed by atoms with van der Waals surface area (Å²) in [5.41, 5.74) is 3.96. The van der Waals surface area contributed by atoms with Crippen LogP contribution < -0.4 is 4.74 Å². The van der Waals surface area contributed by atoms with E-state index in [-0.39, 0.29) is 6.10 Å². The molecule has 2 heterocycles. The molecule has 0 amide bonds. The lowest BCUT2D eigenvalue weighted by molar-refractivity contribution is -0.231. The van der Waals surface area contributed by atoms with Crippen molar-refractivity contribution in [3.8, 4) is 5.75 Å². The van der Waals surface area contributed by atoms with Crippen molar-refractivity contribution in [1.29, 1.82) is 0 Å². The molecular weight excluding hydrogens is 400 g/mol. The van der Waals surface area contributed by atoms with Gasteiger partial charge in [-0.1, -0.05) is 30.3 Å². The third-order valence-corrected chi connectivity index (χ3v) is 6.10. The highest BCUT2D eigenvalue weighted by Crippen LogP contribution is 2.33. The van der Waals surface area contributed by atoms with E-state index >= 15 is 0 Å². The maximum absolute atomic E-state index is 10.4. The van der Waals surface area contributed by atoms with E-state index in [1.807, 2.05) is 49.4 Å². The summed E-state index contributed by atoms with van der Waals surface area (Å²) in [4.78, 5) is 0. The summed E-state index contributed by atoms with van der Waals surface area (Å²) in [6, 6.07) is 13.7. The first-order valence-electron chi connectivity index (χ1n) is 10.7. The minimum atomic E-state index is -1.39. The Morgan fingerprint density at radius 2 is 1.77 bits per heavy atom. The molecule has 6 atom stereocenters. The van der Waals surface area contributed by atoms with Gasteiger partial charge in [0.05, 0.1) is 19.8 Å². The van der Waals surface area contributed by atoms with Crippen LogP contribution in [0.5, 0.6) is 5.75 Å². The van der Waals surface area contributed by atoms with Gasteiger partial charge >= 0.3 is 0 Å². The molecular formula is C24H30O7. The van der Waals surface area contributed by atoms with Gasteiger partial charge in [0.15, 0.2) is 0 Å². The Kier molecular flexibility index (Phi) is 6.91. The summed E-state index contributed by atoms with van der Waals surface area (Å²) in [5.74, 6) is 0.825. The Labute approximate surface area is 181 Å². The van der Waals surface area contributed by atoms with Gasteiger partial charge in [0.1, 0.15) is 42.4 Å². The van der Waals surface area contributed by atoms with Crippen molar-refractivity contribution in [3.05, 3.63) is 64.7 Å². The molecule has 2 aromatic rings. The fraction of sp³-hybridized carbons (Fsp3) is 0.500. The normalized spacial score (nSPS) is 31.0. The van der Waals surface area contributed by atoms with Crippen molar-refractivity contribution in [2.24, 2.45) is 0 Å². The van der Waals surface area contributed by atoms with E-state index in [4.69, 9.17) is 14.2 Å². The van der Waals surface area contributed by atoms with Gasteiger partial charge in [-0.15, -0.1) is 0 Å². The molecule has 0 bridgehead atoms. The standard InChI is InChI=1S/C24H30O7/c1-14-2-5-16(24-23(28)22(27)21(26)20(12-25)31-24)11-17(14)10-15-3-6-18(7-4-15)30-19-8-9-29-13-19/h2-7,11,19-28H,8-10,12-13H2,1H3/t19-,20-,21-,22?,23-,24+/m1/s1.